The van der Waals surface area contributed by atoms with Gasteiger partial charge in [0.1, 0.15) is 0 Å². The van der Waals surface area contributed by atoms with Crippen molar-refractivity contribution >= 4 is 29.3 Å². The zero-order chi connectivity index (χ0) is 29.7. The summed E-state index contributed by atoms with van der Waals surface area (Å²) in [6.07, 6.45) is 1.51. The van der Waals surface area contributed by atoms with E-state index in [1.54, 1.807) is 73.1 Å². The molecule has 0 saturated carbocycles. The van der Waals surface area contributed by atoms with Gasteiger partial charge < -0.3 is 14.6 Å². The number of anilines is 2. The number of nitrogens with zero attached hydrogens (tertiary/aromatic N) is 4. The maximum atomic E-state index is 13.1. The van der Waals surface area contributed by atoms with Gasteiger partial charge in [-0.1, -0.05) is 30.3 Å². The Kier molecular flexibility index (Phi) is 7.91. The SMILES string of the molecule is CN(C(=O)c1cccc(C=CC(=O)Nc2ccccc2-c2nnc(-c3ccncc3)o2)c1)c1cccc(C(F)(F)F)c1. The highest BCUT2D eigenvalue weighted by atomic mass is 19.4. The summed E-state index contributed by atoms with van der Waals surface area (Å²) in [5, 5.41) is 11.0. The molecule has 5 rings (SSSR count). The topological polar surface area (TPSA) is 101 Å². The van der Waals surface area contributed by atoms with Gasteiger partial charge in [0.2, 0.25) is 17.7 Å². The van der Waals surface area contributed by atoms with E-state index in [4.69, 9.17) is 4.42 Å². The predicted octanol–water partition coefficient (Wildman–Crippen LogP) is 6.75. The lowest BCUT2D eigenvalue weighted by Crippen LogP contribution is -2.26. The van der Waals surface area contributed by atoms with Crippen LogP contribution in [0.5, 0.6) is 0 Å². The number of carbonyl (C=O) groups is 2. The summed E-state index contributed by atoms with van der Waals surface area (Å²) in [5.41, 5.74) is 1.71. The predicted molar refractivity (Wildman–Crippen MR) is 151 cm³/mol. The fraction of sp³-hybridized carbons (Fsp3) is 0.0645. The van der Waals surface area contributed by atoms with Gasteiger partial charge in [-0.15, -0.1) is 10.2 Å². The summed E-state index contributed by atoms with van der Waals surface area (Å²) < 4.78 is 45.1. The van der Waals surface area contributed by atoms with Crippen LogP contribution in [0, 0.1) is 0 Å². The zero-order valence-corrected chi connectivity index (χ0v) is 22.0. The van der Waals surface area contributed by atoms with Crippen molar-refractivity contribution in [2.45, 2.75) is 6.18 Å². The number of hydrogen-bond donors (Lipinski definition) is 1. The van der Waals surface area contributed by atoms with Gasteiger partial charge in [-0.25, -0.2) is 0 Å². The smallest absolute Gasteiger partial charge is 0.416 e. The van der Waals surface area contributed by atoms with Gasteiger partial charge in [-0.2, -0.15) is 13.2 Å². The molecule has 0 radical (unpaired) electrons. The summed E-state index contributed by atoms with van der Waals surface area (Å²) in [7, 11) is 1.40. The van der Waals surface area contributed by atoms with E-state index in [0.717, 1.165) is 17.0 Å². The summed E-state index contributed by atoms with van der Waals surface area (Å²) in [6.45, 7) is 0. The Morgan fingerprint density at radius 3 is 2.40 bits per heavy atom. The maximum Gasteiger partial charge on any atom is 0.416 e. The number of para-hydroxylation sites is 1. The number of nitrogens with one attached hydrogen (secondary N) is 1. The number of pyridine rings is 1. The standard InChI is InChI=1S/C31H22F3N5O3/c1-39(24-9-5-8-23(19-24)31(32,33)34)30(41)22-7-4-6-20(18-22)12-13-27(40)36-26-11-3-2-10-25(26)29-38-37-28(42-29)21-14-16-35-17-15-21/h2-19H,1H3,(H,36,40). The molecule has 1 N–H and O–H groups in total. The molecule has 0 saturated heterocycles. The molecule has 210 valence electrons. The van der Waals surface area contributed by atoms with E-state index in [9.17, 15) is 22.8 Å². The Bertz CT molecular complexity index is 1770. The summed E-state index contributed by atoms with van der Waals surface area (Å²) in [4.78, 5) is 30.9. The number of benzene rings is 3. The molecule has 0 aliphatic heterocycles. The molecule has 8 nitrogen and oxygen atoms in total. The van der Waals surface area contributed by atoms with E-state index in [1.807, 2.05) is 0 Å². The van der Waals surface area contributed by atoms with Crippen molar-refractivity contribution in [2.24, 2.45) is 0 Å². The van der Waals surface area contributed by atoms with Crippen LogP contribution in [-0.4, -0.2) is 34.0 Å². The lowest BCUT2D eigenvalue weighted by atomic mass is 10.1. The summed E-state index contributed by atoms with van der Waals surface area (Å²) in [5.74, 6) is -0.429. The van der Waals surface area contributed by atoms with Crippen molar-refractivity contribution in [3.63, 3.8) is 0 Å². The number of aromatic nitrogens is 3. The van der Waals surface area contributed by atoms with Crippen molar-refractivity contribution in [3.05, 3.63) is 120 Å². The molecule has 0 aliphatic carbocycles. The van der Waals surface area contributed by atoms with Crippen LogP contribution in [0.2, 0.25) is 0 Å². The Morgan fingerprint density at radius 2 is 1.62 bits per heavy atom. The molecule has 11 heteroatoms. The van der Waals surface area contributed by atoms with E-state index in [-0.39, 0.29) is 17.1 Å². The van der Waals surface area contributed by atoms with Crippen molar-refractivity contribution in [3.8, 4) is 22.9 Å². The zero-order valence-electron chi connectivity index (χ0n) is 22.0. The lowest BCUT2D eigenvalue weighted by Gasteiger charge is -2.19. The van der Waals surface area contributed by atoms with Crippen molar-refractivity contribution in [1.82, 2.24) is 15.2 Å². The van der Waals surface area contributed by atoms with Crippen LogP contribution in [0.25, 0.3) is 29.0 Å². The van der Waals surface area contributed by atoms with Crippen LogP contribution < -0.4 is 10.2 Å². The Balaban J connectivity index is 1.29. The molecule has 3 aromatic carbocycles. The second-order valence-corrected chi connectivity index (χ2v) is 9.05. The largest absolute Gasteiger partial charge is 0.416 e. The van der Waals surface area contributed by atoms with Gasteiger partial charge in [0.15, 0.2) is 0 Å². The molecule has 42 heavy (non-hydrogen) atoms. The van der Waals surface area contributed by atoms with Crippen molar-refractivity contribution in [2.75, 3.05) is 17.3 Å². The molecule has 2 aromatic heterocycles. The Morgan fingerprint density at radius 1 is 0.881 bits per heavy atom. The van der Waals surface area contributed by atoms with E-state index in [0.29, 0.717) is 28.3 Å². The van der Waals surface area contributed by atoms with Crippen LogP contribution in [0.15, 0.2) is 108 Å². The highest BCUT2D eigenvalue weighted by molar-refractivity contribution is 6.07. The third-order valence-electron chi connectivity index (χ3n) is 6.19. The normalized spacial score (nSPS) is 11.4. The summed E-state index contributed by atoms with van der Waals surface area (Å²) >= 11 is 0. The third kappa shape index (κ3) is 6.41. The quantitative estimate of drug-likeness (QED) is 0.218. The minimum atomic E-state index is -4.53. The molecule has 0 spiro atoms. The molecular formula is C31H22F3N5O3. The maximum absolute atomic E-state index is 13.1. The number of rotatable bonds is 7. The molecule has 2 amide bonds. The second kappa shape index (κ2) is 11.9. The van der Waals surface area contributed by atoms with Crippen LogP contribution in [0.4, 0.5) is 24.5 Å². The number of alkyl halides is 3. The average Bonchev–Trinajstić information content (AvgIpc) is 3.50. The first-order valence-electron chi connectivity index (χ1n) is 12.6. The van der Waals surface area contributed by atoms with E-state index in [2.05, 4.69) is 20.5 Å². The van der Waals surface area contributed by atoms with Crippen LogP contribution >= 0.6 is 0 Å². The molecule has 2 heterocycles. The fourth-order valence-corrected chi connectivity index (χ4v) is 4.05. The Hall–Kier alpha value is -5.58. The molecule has 0 fully saturated rings. The van der Waals surface area contributed by atoms with E-state index < -0.39 is 23.6 Å². The Labute approximate surface area is 238 Å². The van der Waals surface area contributed by atoms with E-state index >= 15 is 0 Å². The second-order valence-electron chi connectivity index (χ2n) is 9.05. The molecule has 0 aliphatic rings. The minimum absolute atomic E-state index is 0.1000. The van der Waals surface area contributed by atoms with Crippen molar-refractivity contribution in [1.29, 1.82) is 0 Å². The summed E-state index contributed by atoms with van der Waals surface area (Å²) in [6, 6.07) is 21.4. The number of halogens is 3. The van der Waals surface area contributed by atoms with Gasteiger partial charge in [-0.3, -0.25) is 14.6 Å². The van der Waals surface area contributed by atoms with Gasteiger partial charge in [0.05, 0.1) is 16.8 Å². The monoisotopic (exact) mass is 569 g/mol. The lowest BCUT2D eigenvalue weighted by molar-refractivity contribution is -0.137. The number of hydrogen-bond acceptors (Lipinski definition) is 6. The molecule has 0 atom stereocenters. The van der Waals surface area contributed by atoms with Crippen LogP contribution in [0.1, 0.15) is 21.5 Å². The van der Waals surface area contributed by atoms with Crippen LogP contribution in [0.3, 0.4) is 0 Å². The van der Waals surface area contributed by atoms with Gasteiger partial charge in [-0.05, 0) is 66.2 Å². The van der Waals surface area contributed by atoms with Gasteiger partial charge in [0, 0.05) is 42.3 Å². The average molecular weight is 570 g/mol. The molecular weight excluding hydrogens is 547 g/mol. The van der Waals surface area contributed by atoms with E-state index in [1.165, 1.54) is 31.3 Å². The van der Waals surface area contributed by atoms with Crippen LogP contribution in [-0.2, 0) is 11.0 Å². The molecule has 0 bridgehead atoms. The first-order chi connectivity index (χ1) is 20.2. The number of amides is 2. The minimum Gasteiger partial charge on any atom is -0.416 e. The van der Waals surface area contributed by atoms with Gasteiger partial charge >= 0.3 is 6.18 Å². The first kappa shape index (κ1) is 28.0. The highest BCUT2D eigenvalue weighted by Gasteiger charge is 2.31. The molecule has 5 aromatic rings. The fourth-order valence-electron chi connectivity index (χ4n) is 4.05. The number of carbonyl (C=O) groups excluding carboxylic acids is 2. The van der Waals surface area contributed by atoms with Gasteiger partial charge in [0.25, 0.3) is 5.91 Å². The molecule has 0 unspecified atom stereocenters. The highest BCUT2D eigenvalue weighted by Crippen LogP contribution is 2.32. The third-order valence-corrected chi connectivity index (χ3v) is 6.19. The van der Waals surface area contributed by atoms with Crippen molar-refractivity contribution < 1.29 is 27.2 Å². The first-order valence-corrected chi connectivity index (χ1v) is 12.6.